The molecule has 1 aliphatic carbocycles. The number of nitrogens with zero attached hydrogens (tertiary/aromatic N) is 2. The lowest BCUT2D eigenvalue weighted by Gasteiger charge is -2.14. The molecule has 1 aromatic carbocycles. The van der Waals surface area contributed by atoms with Gasteiger partial charge in [-0.1, -0.05) is 50.6 Å². The molecule has 112 valence electrons. The summed E-state index contributed by atoms with van der Waals surface area (Å²) in [6.45, 7) is 5.23. The van der Waals surface area contributed by atoms with Crippen molar-refractivity contribution in [3.63, 3.8) is 0 Å². The van der Waals surface area contributed by atoms with Crippen LogP contribution >= 0.6 is 0 Å². The summed E-state index contributed by atoms with van der Waals surface area (Å²) < 4.78 is 6.02. The van der Waals surface area contributed by atoms with E-state index in [0.717, 1.165) is 18.0 Å². The van der Waals surface area contributed by atoms with Crippen LogP contribution < -0.4 is 5.32 Å². The maximum Gasteiger partial charge on any atom is 0.237 e. The van der Waals surface area contributed by atoms with Crippen LogP contribution in [0.1, 0.15) is 62.4 Å². The molecule has 0 radical (unpaired) electrons. The number of hydrogen-bond acceptors (Lipinski definition) is 4. The summed E-state index contributed by atoms with van der Waals surface area (Å²) in [4.78, 5) is 0. The zero-order valence-electron chi connectivity index (χ0n) is 12.7. The fourth-order valence-electron chi connectivity index (χ4n) is 3.22. The lowest BCUT2D eigenvalue weighted by atomic mass is 9.98. The molecule has 3 atom stereocenters. The standard InChI is InChI=1S/C17H23N3O/c1-3-18-15(13-9-5-4-6-10-13)17-20-19-16(21-17)14-11-7-8-12(14)2/h4-6,9-10,12,14-15,18H,3,7-8,11H2,1-2H3. The summed E-state index contributed by atoms with van der Waals surface area (Å²) in [6.07, 6.45) is 3.69. The molecule has 1 aromatic heterocycles. The fraction of sp³-hybridized carbons (Fsp3) is 0.529. The molecule has 21 heavy (non-hydrogen) atoms. The molecule has 4 heteroatoms. The van der Waals surface area contributed by atoms with E-state index < -0.39 is 0 Å². The summed E-state index contributed by atoms with van der Waals surface area (Å²) in [5.74, 6) is 2.57. The van der Waals surface area contributed by atoms with Crippen molar-refractivity contribution in [1.29, 1.82) is 0 Å². The largest absolute Gasteiger partial charge is 0.423 e. The first kappa shape index (κ1) is 14.3. The van der Waals surface area contributed by atoms with Crippen LogP contribution in [0.2, 0.25) is 0 Å². The maximum absolute atomic E-state index is 6.02. The number of rotatable bonds is 5. The van der Waals surface area contributed by atoms with Gasteiger partial charge in [0.15, 0.2) is 0 Å². The van der Waals surface area contributed by atoms with Gasteiger partial charge in [0.2, 0.25) is 11.8 Å². The summed E-state index contributed by atoms with van der Waals surface area (Å²) >= 11 is 0. The first-order chi connectivity index (χ1) is 10.3. The van der Waals surface area contributed by atoms with Crippen molar-refractivity contribution in [3.8, 4) is 0 Å². The van der Waals surface area contributed by atoms with Crippen LogP contribution in [-0.2, 0) is 0 Å². The molecule has 0 amide bonds. The van der Waals surface area contributed by atoms with Crippen molar-refractivity contribution >= 4 is 0 Å². The Morgan fingerprint density at radius 3 is 2.71 bits per heavy atom. The third-order valence-corrected chi connectivity index (χ3v) is 4.42. The number of benzene rings is 1. The molecule has 1 aliphatic rings. The van der Waals surface area contributed by atoms with Gasteiger partial charge in [-0.25, -0.2) is 0 Å². The molecule has 2 aromatic rings. The zero-order valence-corrected chi connectivity index (χ0v) is 12.7. The van der Waals surface area contributed by atoms with Crippen molar-refractivity contribution in [2.24, 2.45) is 5.92 Å². The van der Waals surface area contributed by atoms with Gasteiger partial charge < -0.3 is 9.73 Å². The molecule has 0 aliphatic heterocycles. The van der Waals surface area contributed by atoms with Crippen LogP contribution in [0.25, 0.3) is 0 Å². The average molecular weight is 285 g/mol. The molecular weight excluding hydrogens is 262 g/mol. The SMILES string of the molecule is CCNC(c1ccccc1)c1nnc(C2CCCC2C)o1. The summed E-state index contributed by atoms with van der Waals surface area (Å²) in [6, 6.07) is 10.3. The molecule has 0 saturated heterocycles. The Morgan fingerprint density at radius 2 is 2.05 bits per heavy atom. The van der Waals surface area contributed by atoms with Crippen molar-refractivity contribution in [2.45, 2.75) is 45.1 Å². The molecule has 4 nitrogen and oxygen atoms in total. The van der Waals surface area contributed by atoms with E-state index in [-0.39, 0.29) is 6.04 Å². The third-order valence-electron chi connectivity index (χ3n) is 4.42. The van der Waals surface area contributed by atoms with Crippen LogP contribution in [0.15, 0.2) is 34.7 Å². The minimum atomic E-state index is -0.0193. The third kappa shape index (κ3) is 3.00. The highest BCUT2D eigenvalue weighted by Gasteiger charge is 2.30. The molecule has 0 spiro atoms. The smallest absolute Gasteiger partial charge is 0.237 e. The predicted molar refractivity (Wildman–Crippen MR) is 82.0 cm³/mol. The van der Waals surface area contributed by atoms with Gasteiger partial charge in [0.1, 0.15) is 6.04 Å². The second-order valence-electron chi connectivity index (χ2n) is 5.89. The van der Waals surface area contributed by atoms with Gasteiger partial charge in [0.05, 0.1) is 0 Å². The summed E-state index contributed by atoms with van der Waals surface area (Å²) in [5.41, 5.74) is 1.16. The Bertz CT molecular complexity index is 566. The summed E-state index contributed by atoms with van der Waals surface area (Å²) in [7, 11) is 0. The van der Waals surface area contributed by atoms with E-state index in [2.05, 4.69) is 41.5 Å². The van der Waals surface area contributed by atoms with E-state index in [4.69, 9.17) is 4.42 Å². The first-order valence-corrected chi connectivity index (χ1v) is 7.91. The quantitative estimate of drug-likeness (QED) is 0.910. The van der Waals surface area contributed by atoms with Gasteiger partial charge in [-0.2, -0.15) is 0 Å². The molecule has 1 heterocycles. The van der Waals surface area contributed by atoms with E-state index in [9.17, 15) is 0 Å². The number of aromatic nitrogens is 2. The monoisotopic (exact) mass is 285 g/mol. The minimum Gasteiger partial charge on any atom is -0.423 e. The highest BCUT2D eigenvalue weighted by atomic mass is 16.4. The number of nitrogens with one attached hydrogen (secondary N) is 1. The number of hydrogen-bond donors (Lipinski definition) is 1. The second kappa shape index (κ2) is 6.39. The van der Waals surface area contributed by atoms with E-state index in [1.165, 1.54) is 19.3 Å². The van der Waals surface area contributed by atoms with Gasteiger partial charge in [-0.15, -0.1) is 10.2 Å². The van der Waals surface area contributed by atoms with E-state index in [1.54, 1.807) is 0 Å². The Kier molecular flexibility index (Phi) is 4.34. The topological polar surface area (TPSA) is 51.0 Å². The van der Waals surface area contributed by atoms with Crippen LogP contribution in [0.3, 0.4) is 0 Å². The van der Waals surface area contributed by atoms with Crippen LogP contribution in [-0.4, -0.2) is 16.7 Å². The van der Waals surface area contributed by atoms with Crippen molar-refractivity contribution < 1.29 is 4.42 Å². The zero-order chi connectivity index (χ0) is 14.7. The summed E-state index contributed by atoms with van der Waals surface area (Å²) in [5, 5.41) is 12.1. The van der Waals surface area contributed by atoms with Gasteiger partial charge in [-0.3, -0.25) is 0 Å². The molecule has 3 rings (SSSR count). The van der Waals surface area contributed by atoms with Crippen LogP contribution in [0.4, 0.5) is 0 Å². The average Bonchev–Trinajstić information content (AvgIpc) is 3.14. The van der Waals surface area contributed by atoms with Crippen LogP contribution in [0, 0.1) is 5.92 Å². The molecule has 1 saturated carbocycles. The lowest BCUT2D eigenvalue weighted by Crippen LogP contribution is -2.22. The highest BCUT2D eigenvalue weighted by Crippen LogP contribution is 2.39. The van der Waals surface area contributed by atoms with Crippen LogP contribution in [0.5, 0.6) is 0 Å². The molecule has 1 N–H and O–H groups in total. The molecule has 1 fully saturated rings. The van der Waals surface area contributed by atoms with Gasteiger partial charge >= 0.3 is 0 Å². The minimum absolute atomic E-state index is 0.0193. The first-order valence-electron chi connectivity index (χ1n) is 7.91. The van der Waals surface area contributed by atoms with Crippen molar-refractivity contribution in [1.82, 2.24) is 15.5 Å². The van der Waals surface area contributed by atoms with Gasteiger partial charge in [-0.05, 0) is 30.9 Å². The van der Waals surface area contributed by atoms with Gasteiger partial charge in [0.25, 0.3) is 0 Å². The fourth-order valence-corrected chi connectivity index (χ4v) is 3.22. The highest BCUT2D eigenvalue weighted by molar-refractivity contribution is 5.23. The molecule has 0 bridgehead atoms. The molecule has 3 unspecified atom stereocenters. The molecular formula is C17H23N3O. The lowest BCUT2D eigenvalue weighted by molar-refractivity contribution is 0.361. The van der Waals surface area contributed by atoms with E-state index >= 15 is 0 Å². The Morgan fingerprint density at radius 1 is 1.24 bits per heavy atom. The second-order valence-corrected chi connectivity index (χ2v) is 5.89. The van der Waals surface area contributed by atoms with Gasteiger partial charge in [0, 0.05) is 5.92 Å². The predicted octanol–water partition coefficient (Wildman–Crippen LogP) is 3.67. The Labute approximate surface area is 126 Å². The van der Waals surface area contributed by atoms with Crippen molar-refractivity contribution in [2.75, 3.05) is 6.54 Å². The Hall–Kier alpha value is -1.68. The van der Waals surface area contributed by atoms with Crippen molar-refractivity contribution in [3.05, 3.63) is 47.7 Å². The van der Waals surface area contributed by atoms with E-state index in [0.29, 0.717) is 17.7 Å². The Balaban J connectivity index is 1.85. The maximum atomic E-state index is 6.02. The van der Waals surface area contributed by atoms with E-state index in [1.807, 2.05) is 18.2 Å². The normalized spacial score (nSPS) is 23.3.